The zero-order valence-corrected chi connectivity index (χ0v) is 6.67. The molecule has 1 radical (unpaired) electrons. The molecule has 12 heavy (non-hydrogen) atoms. The Balaban J connectivity index is 3.11. The molecule has 2 rings (SSSR count). The molecule has 1 heterocycles. The molecule has 2 aromatic rings. The molecular weight excluding hydrogens is 146 g/mol. The molecule has 0 atom stereocenters. The summed E-state index contributed by atoms with van der Waals surface area (Å²) in [5.41, 5.74) is 0.856. The van der Waals surface area contributed by atoms with E-state index in [0.717, 1.165) is 21.3 Å². The lowest BCUT2D eigenvalue weighted by molar-refractivity contribution is 1.36. The number of benzene rings is 1. The van der Waals surface area contributed by atoms with Crippen molar-refractivity contribution in [2.24, 2.45) is 0 Å². The molecule has 57 valence electrons. The summed E-state index contributed by atoms with van der Waals surface area (Å²) in [6.45, 7) is 7.76. The van der Waals surface area contributed by atoms with Gasteiger partial charge in [-0.1, -0.05) is 31.4 Å². The first kappa shape index (κ1) is 7.04. The summed E-state index contributed by atoms with van der Waals surface area (Å²) in [7, 11) is 0. The van der Waals surface area contributed by atoms with Crippen molar-refractivity contribution in [3.63, 3.8) is 0 Å². The molecule has 0 saturated carbocycles. The Bertz CT molecular complexity index is 514. The van der Waals surface area contributed by atoms with Crippen LogP contribution in [0.4, 0.5) is 0 Å². The summed E-state index contributed by atoms with van der Waals surface area (Å²) in [6, 6.07) is 8.80. The monoisotopic (exact) mass is 154 g/mol. The van der Waals surface area contributed by atoms with E-state index in [1.807, 2.05) is 18.2 Å². The van der Waals surface area contributed by atoms with E-state index in [4.69, 9.17) is 0 Å². The second-order valence-electron chi connectivity index (χ2n) is 2.69. The normalized spacial score (nSPS) is 10.3. The molecule has 0 aliphatic carbocycles. The summed E-state index contributed by atoms with van der Waals surface area (Å²) in [5.74, 6) is 0. The van der Waals surface area contributed by atoms with Crippen molar-refractivity contribution in [1.82, 2.24) is 4.98 Å². The minimum absolute atomic E-state index is 0.856. The van der Waals surface area contributed by atoms with E-state index in [-0.39, 0.29) is 0 Å². The fourth-order valence-electron chi connectivity index (χ4n) is 1.17. The molecule has 0 fully saturated rings. The largest absolute Gasteiger partial charge is 0.255 e. The van der Waals surface area contributed by atoms with Gasteiger partial charge in [0.15, 0.2) is 0 Å². The highest BCUT2D eigenvalue weighted by Gasteiger charge is 1.92. The molecular formula is C11H8N. The van der Waals surface area contributed by atoms with Crippen LogP contribution >= 0.6 is 0 Å². The number of fused-ring (bicyclic) bond motifs is 1. The van der Waals surface area contributed by atoms with E-state index in [1.54, 1.807) is 6.20 Å². The van der Waals surface area contributed by atoms with Crippen molar-refractivity contribution in [1.29, 1.82) is 0 Å². The van der Waals surface area contributed by atoms with Crippen molar-refractivity contribution in [2.45, 2.75) is 0 Å². The van der Waals surface area contributed by atoms with Gasteiger partial charge < -0.3 is 0 Å². The van der Waals surface area contributed by atoms with Gasteiger partial charge in [0, 0.05) is 17.6 Å². The molecule has 1 heteroatoms. The summed E-state index contributed by atoms with van der Waals surface area (Å²) in [4.78, 5) is 4.18. The van der Waals surface area contributed by atoms with Crippen LogP contribution in [0.5, 0.6) is 0 Å². The first-order chi connectivity index (χ1) is 5.79. The predicted molar refractivity (Wildman–Crippen MR) is 50.9 cm³/mol. The molecule has 0 spiro atoms. The zero-order valence-electron chi connectivity index (χ0n) is 6.67. The zero-order chi connectivity index (χ0) is 8.55. The van der Waals surface area contributed by atoms with Crippen LogP contribution in [0, 0.1) is 6.07 Å². The second-order valence-corrected chi connectivity index (χ2v) is 2.69. The van der Waals surface area contributed by atoms with Crippen LogP contribution in [0.2, 0.25) is 0 Å². The van der Waals surface area contributed by atoms with Gasteiger partial charge in [-0.15, -0.1) is 0 Å². The molecule has 0 aliphatic heterocycles. The number of hydrogen-bond donors (Lipinski definition) is 0. The molecule has 1 aromatic carbocycles. The highest BCUT2D eigenvalue weighted by atomic mass is 14.6. The van der Waals surface area contributed by atoms with Crippen LogP contribution in [-0.4, -0.2) is 4.98 Å². The smallest absolute Gasteiger partial charge is 0.0787 e. The maximum Gasteiger partial charge on any atom is 0.0787 e. The van der Waals surface area contributed by atoms with Gasteiger partial charge >= 0.3 is 0 Å². The first-order valence-electron chi connectivity index (χ1n) is 3.72. The summed E-state index contributed by atoms with van der Waals surface area (Å²) >= 11 is 0. The Kier molecular flexibility index (Phi) is 1.44. The number of aromatic nitrogens is 1. The topological polar surface area (TPSA) is 12.9 Å². The van der Waals surface area contributed by atoms with E-state index in [0.29, 0.717) is 0 Å². The van der Waals surface area contributed by atoms with Crippen molar-refractivity contribution in [3.05, 3.63) is 40.9 Å². The Morgan fingerprint density at radius 2 is 2.17 bits per heavy atom. The lowest BCUT2D eigenvalue weighted by Crippen LogP contribution is -2.22. The van der Waals surface area contributed by atoms with Crippen molar-refractivity contribution >= 4 is 24.1 Å². The van der Waals surface area contributed by atoms with Crippen LogP contribution in [0.3, 0.4) is 0 Å². The van der Waals surface area contributed by atoms with Gasteiger partial charge in [-0.05, 0) is 10.4 Å². The minimum Gasteiger partial charge on any atom is -0.255 e. The fourth-order valence-corrected chi connectivity index (χ4v) is 1.17. The van der Waals surface area contributed by atoms with Crippen LogP contribution < -0.4 is 10.4 Å². The van der Waals surface area contributed by atoms with Gasteiger partial charge in [-0.25, -0.2) is 0 Å². The van der Waals surface area contributed by atoms with Crippen LogP contribution in [0.1, 0.15) is 0 Å². The maximum atomic E-state index is 4.18. The average molecular weight is 154 g/mol. The Labute approximate surface area is 70.7 Å². The van der Waals surface area contributed by atoms with Crippen molar-refractivity contribution < 1.29 is 0 Å². The van der Waals surface area contributed by atoms with Gasteiger partial charge in [-0.2, -0.15) is 0 Å². The lowest BCUT2D eigenvalue weighted by atomic mass is 10.2. The van der Waals surface area contributed by atoms with Crippen LogP contribution in [-0.2, 0) is 0 Å². The molecule has 0 unspecified atom stereocenters. The highest BCUT2D eigenvalue weighted by molar-refractivity contribution is 5.78. The standard InChI is InChI=1S/C11H8N/c1-8-7-12-11-6-4-3-5-10(11)9(8)2/h3-5,7H,1-2H2. The number of hydrogen-bond acceptors (Lipinski definition) is 1. The predicted octanol–water partition coefficient (Wildman–Crippen LogP) is 0.856. The van der Waals surface area contributed by atoms with E-state index in [2.05, 4.69) is 24.2 Å². The first-order valence-corrected chi connectivity index (χ1v) is 3.72. The van der Waals surface area contributed by atoms with E-state index >= 15 is 0 Å². The molecule has 1 aromatic heterocycles. The second kappa shape index (κ2) is 2.45. The van der Waals surface area contributed by atoms with Crippen LogP contribution in [0.15, 0.2) is 24.4 Å². The van der Waals surface area contributed by atoms with Gasteiger partial charge in [0.1, 0.15) is 0 Å². The third-order valence-electron chi connectivity index (χ3n) is 1.90. The molecule has 0 aliphatic rings. The summed E-state index contributed by atoms with van der Waals surface area (Å²) in [5, 5.41) is 2.85. The van der Waals surface area contributed by atoms with Crippen molar-refractivity contribution in [2.75, 3.05) is 0 Å². The molecule has 0 amide bonds. The number of pyridine rings is 1. The Hall–Kier alpha value is -1.63. The van der Waals surface area contributed by atoms with Gasteiger partial charge in [0.25, 0.3) is 0 Å². The third-order valence-corrected chi connectivity index (χ3v) is 1.90. The van der Waals surface area contributed by atoms with Crippen molar-refractivity contribution in [3.8, 4) is 0 Å². The molecule has 0 saturated heterocycles. The Morgan fingerprint density at radius 1 is 1.33 bits per heavy atom. The Morgan fingerprint density at radius 3 is 3.00 bits per heavy atom. The number of nitrogens with zero attached hydrogens (tertiary/aromatic N) is 1. The number of rotatable bonds is 0. The quantitative estimate of drug-likeness (QED) is 0.548. The summed E-state index contributed by atoms with van der Waals surface area (Å²) in [6.07, 6.45) is 1.72. The molecule has 0 N–H and O–H groups in total. The number of para-hydroxylation sites is 1. The third kappa shape index (κ3) is 0.909. The van der Waals surface area contributed by atoms with E-state index in [9.17, 15) is 0 Å². The van der Waals surface area contributed by atoms with E-state index in [1.165, 1.54) is 0 Å². The highest BCUT2D eigenvalue weighted by Crippen LogP contribution is 2.01. The SMILES string of the molecule is C=c1cnc2[c]cccc2c1=C. The minimum atomic E-state index is 0.856. The average Bonchev–Trinajstić information content (AvgIpc) is 2.12. The fraction of sp³-hybridized carbons (Fsp3) is 0. The summed E-state index contributed by atoms with van der Waals surface area (Å²) < 4.78 is 0. The van der Waals surface area contributed by atoms with Gasteiger partial charge in [0.2, 0.25) is 0 Å². The van der Waals surface area contributed by atoms with Gasteiger partial charge in [0.05, 0.1) is 5.52 Å². The van der Waals surface area contributed by atoms with Gasteiger partial charge in [-0.3, -0.25) is 4.98 Å². The van der Waals surface area contributed by atoms with Crippen LogP contribution in [0.25, 0.3) is 24.1 Å². The molecule has 0 bridgehead atoms. The molecule has 1 nitrogen and oxygen atoms in total. The lowest BCUT2D eigenvalue weighted by Gasteiger charge is -1.95. The maximum absolute atomic E-state index is 4.18. The van der Waals surface area contributed by atoms with E-state index < -0.39 is 0 Å².